The van der Waals surface area contributed by atoms with Crippen LogP contribution in [0.2, 0.25) is 0 Å². The zero-order chi connectivity index (χ0) is 14.0. The van der Waals surface area contributed by atoms with Crippen LogP contribution in [0.4, 0.5) is 0 Å². The number of benzene rings is 1. The first kappa shape index (κ1) is 13.8. The second kappa shape index (κ2) is 5.55. The Kier molecular flexibility index (Phi) is 4.03. The molecule has 0 fully saturated rings. The predicted octanol–water partition coefficient (Wildman–Crippen LogP) is 3.16. The van der Waals surface area contributed by atoms with Crippen molar-refractivity contribution in [2.45, 2.75) is 19.9 Å². The summed E-state index contributed by atoms with van der Waals surface area (Å²) in [5, 5.41) is 8.89. The molecular weight excluding hydrogens is 304 g/mol. The van der Waals surface area contributed by atoms with Crippen molar-refractivity contribution in [1.82, 2.24) is 9.55 Å². The average molecular weight is 319 g/mol. The quantitative estimate of drug-likeness (QED) is 0.945. The standard InChI is InChI=1S/C14H15BrN4/c1-9(2)14(17)13-7-18-8-19(13)12-4-3-10(6-16)5-11(12)15/h3-5,7-9,14H,17H2,1-2H3. The van der Waals surface area contributed by atoms with Gasteiger partial charge in [0.15, 0.2) is 0 Å². The van der Waals surface area contributed by atoms with E-state index in [4.69, 9.17) is 11.0 Å². The Bertz CT molecular complexity index is 625. The van der Waals surface area contributed by atoms with Crippen molar-refractivity contribution < 1.29 is 0 Å². The lowest BCUT2D eigenvalue weighted by Crippen LogP contribution is -2.20. The lowest BCUT2D eigenvalue weighted by molar-refractivity contribution is 0.497. The summed E-state index contributed by atoms with van der Waals surface area (Å²) < 4.78 is 2.80. The fraction of sp³-hybridized carbons (Fsp3) is 0.286. The number of nitriles is 1. The van der Waals surface area contributed by atoms with Crippen molar-refractivity contribution in [3.63, 3.8) is 0 Å². The van der Waals surface area contributed by atoms with Gasteiger partial charge < -0.3 is 10.3 Å². The number of imidazole rings is 1. The van der Waals surface area contributed by atoms with Gasteiger partial charge in [-0.1, -0.05) is 13.8 Å². The van der Waals surface area contributed by atoms with Crippen LogP contribution in [0.25, 0.3) is 5.69 Å². The van der Waals surface area contributed by atoms with Crippen LogP contribution >= 0.6 is 15.9 Å². The van der Waals surface area contributed by atoms with Crippen LogP contribution in [0, 0.1) is 17.2 Å². The van der Waals surface area contributed by atoms with E-state index in [0.29, 0.717) is 11.5 Å². The minimum atomic E-state index is -0.0787. The van der Waals surface area contributed by atoms with Crippen molar-refractivity contribution in [2.75, 3.05) is 0 Å². The highest BCUT2D eigenvalue weighted by Gasteiger charge is 2.17. The summed E-state index contributed by atoms with van der Waals surface area (Å²) >= 11 is 3.49. The van der Waals surface area contributed by atoms with E-state index < -0.39 is 0 Å². The molecule has 0 aliphatic heterocycles. The number of hydrogen-bond acceptors (Lipinski definition) is 3. The molecule has 5 heteroatoms. The molecule has 4 nitrogen and oxygen atoms in total. The molecule has 19 heavy (non-hydrogen) atoms. The molecule has 1 aromatic heterocycles. The SMILES string of the molecule is CC(C)C(N)c1cncn1-c1ccc(C#N)cc1Br. The van der Waals surface area contributed by atoms with Gasteiger partial charge in [0.05, 0.1) is 35.5 Å². The van der Waals surface area contributed by atoms with Crippen LogP contribution in [0.15, 0.2) is 35.2 Å². The molecule has 2 rings (SSSR count). The third-order valence-corrected chi connectivity index (χ3v) is 3.70. The molecule has 2 aromatic rings. The van der Waals surface area contributed by atoms with Gasteiger partial charge in [-0.25, -0.2) is 4.98 Å². The van der Waals surface area contributed by atoms with Gasteiger partial charge in [-0.2, -0.15) is 5.26 Å². The summed E-state index contributed by atoms with van der Waals surface area (Å²) in [5.41, 5.74) is 8.71. The van der Waals surface area contributed by atoms with Crippen LogP contribution < -0.4 is 5.73 Å². The molecule has 0 aliphatic carbocycles. The molecular formula is C14H15BrN4. The number of nitrogens with two attached hydrogens (primary N) is 1. The molecule has 0 spiro atoms. The molecule has 1 atom stereocenters. The van der Waals surface area contributed by atoms with Gasteiger partial charge in [0.1, 0.15) is 0 Å². The van der Waals surface area contributed by atoms with E-state index in [0.717, 1.165) is 15.9 Å². The molecule has 0 bridgehead atoms. The molecule has 1 aromatic carbocycles. The van der Waals surface area contributed by atoms with E-state index in [1.165, 1.54) is 0 Å². The maximum Gasteiger partial charge on any atom is 0.0995 e. The van der Waals surface area contributed by atoms with Crippen LogP contribution in [-0.2, 0) is 0 Å². The van der Waals surface area contributed by atoms with E-state index in [1.807, 2.05) is 10.6 Å². The van der Waals surface area contributed by atoms with E-state index in [9.17, 15) is 0 Å². The summed E-state index contributed by atoms with van der Waals surface area (Å²) in [5.74, 6) is 0.326. The number of hydrogen-bond donors (Lipinski definition) is 1. The monoisotopic (exact) mass is 318 g/mol. The molecule has 0 amide bonds. The van der Waals surface area contributed by atoms with E-state index in [1.54, 1.807) is 24.7 Å². The Morgan fingerprint density at radius 2 is 2.16 bits per heavy atom. The first-order valence-electron chi connectivity index (χ1n) is 6.02. The maximum absolute atomic E-state index is 8.89. The summed E-state index contributed by atoms with van der Waals surface area (Å²) in [6, 6.07) is 7.50. The van der Waals surface area contributed by atoms with Gasteiger partial charge in [-0.05, 0) is 40.0 Å². The molecule has 0 saturated heterocycles. The fourth-order valence-corrected chi connectivity index (χ4v) is 2.44. The Morgan fingerprint density at radius 1 is 1.42 bits per heavy atom. The maximum atomic E-state index is 8.89. The molecule has 0 aliphatic rings. The van der Waals surface area contributed by atoms with Crippen molar-refractivity contribution in [1.29, 1.82) is 5.26 Å². The van der Waals surface area contributed by atoms with Crippen molar-refractivity contribution in [3.8, 4) is 11.8 Å². The van der Waals surface area contributed by atoms with Gasteiger partial charge in [0.2, 0.25) is 0 Å². The van der Waals surface area contributed by atoms with Crippen molar-refractivity contribution >= 4 is 15.9 Å². The van der Waals surface area contributed by atoms with Crippen LogP contribution in [-0.4, -0.2) is 9.55 Å². The second-order valence-corrected chi connectivity index (χ2v) is 5.59. The van der Waals surface area contributed by atoms with E-state index in [-0.39, 0.29) is 6.04 Å². The zero-order valence-corrected chi connectivity index (χ0v) is 12.4. The molecule has 0 radical (unpaired) electrons. The Morgan fingerprint density at radius 3 is 2.74 bits per heavy atom. The summed E-state index contributed by atoms with van der Waals surface area (Å²) in [6.45, 7) is 4.16. The van der Waals surface area contributed by atoms with Crippen molar-refractivity contribution in [3.05, 3.63) is 46.5 Å². The number of aromatic nitrogens is 2. The first-order chi connectivity index (χ1) is 9.04. The van der Waals surface area contributed by atoms with E-state index >= 15 is 0 Å². The van der Waals surface area contributed by atoms with E-state index in [2.05, 4.69) is 40.8 Å². The highest BCUT2D eigenvalue weighted by atomic mass is 79.9. The van der Waals surface area contributed by atoms with Crippen LogP contribution in [0.3, 0.4) is 0 Å². The molecule has 1 unspecified atom stereocenters. The highest BCUT2D eigenvalue weighted by molar-refractivity contribution is 9.10. The van der Waals surface area contributed by atoms with Gasteiger partial charge in [0, 0.05) is 10.5 Å². The normalized spacial score (nSPS) is 12.4. The minimum Gasteiger partial charge on any atom is -0.322 e. The number of halogens is 1. The lowest BCUT2D eigenvalue weighted by Gasteiger charge is -2.18. The van der Waals surface area contributed by atoms with Crippen LogP contribution in [0.1, 0.15) is 31.1 Å². The summed E-state index contributed by atoms with van der Waals surface area (Å²) in [4.78, 5) is 4.18. The largest absolute Gasteiger partial charge is 0.322 e. The van der Waals surface area contributed by atoms with Gasteiger partial charge in [0.25, 0.3) is 0 Å². The highest BCUT2D eigenvalue weighted by Crippen LogP contribution is 2.27. The average Bonchev–Trinajstić information content (AvgIpc) is 2.86. The zero-order valence-electron chi connectivity index (χ0n) is 10.8. The van der Waals surface area contributed by atoms with Crippen LogP contribution in [0.5, 0.6) is 0 Å². The summed E-state index contributed by atoms with van der Waals surface area (Å²) in [7, 11) is 0. The Balaban J connectivity index is 2.49. The fourth-order valence-electron chi connectivity index (χ4n) is 1.87. The molecule has 98 valence electrons. The lowest BCUT2D eigenvalue weighted by atomic mass is 10.0. The Labute approximate surface area is 121 Å². The molecule has 1 heterocycles. The third kappa shape index (κ3) is 2.70. The number of rotatable bonds is 3. The molecule has 0 saturated carbocycles. The van der Waals surface area contributed by atoms with Gasteiger partial charge in [-0.3, -0.25) is 0 Å². The topological polar surface area (TPSA) is 67.6 Å². The summed E-state index contributed by atoms with van der Waals surface area (Å²) in [6.07, 6.45) is 3.53. The predicted molar refractivity (Wildman–Crippen MR) is 77.7 cm³/mol. The van der Waals surface area contributed by atoms with Crippen molar-refractivity contribution in [2.24, 2.45) is 11.7 Å². The minimum absolute atomic E-state index is 0.0787. The number of nitrogens with zero attached hydrogens (tertiary/aromatic N) is 3. The molecule has 2 N–H and O–H groups in total. The first-order valence-corrected chi connectivity index (χ1v) is 6.81. The second-order valence-electron chi connectivity index (χ2n) is 4.74. The smallest absolute Gasteiger partial charge is 0.0995 e. The Hall–Kier alpha value is -1.64. The third-order valence-electron chi connectivity index (χ3n) is 3.06. The van der Waals surface area contributed by atoms with Gasteiger partial charge in [-0.15, -0.1) is 0 Å². The van der Waals surface area contributed by atoms with Gasteiger partial charge >= 0.3 is 0 Å².